The number of amides is 1. The van der Waals surface area contributed by atoms with Crippen molar-refractivity contribution in [3.8, 4) is 0 Å². The molecule has 2 N–H and O–H groups in total. The van der Waals surface area contributed by atoms with Gasteiger partial charge in [-0.2, -0.15) is 0 Å². The summed E-state index contributed by atoms with van der Waals surface area (Å²) < 4.78 is 14.6. The predicted molar refractivity (Wildman–Crippen MR) is 133 cm³/mol. The molecule has 2 unspecified atom stereocenters. The van der Waals surface area contributed by atoms with E-state index in [1.807, 2.05) is 11.8 Å². The Morgan fingerprint density at radius 2 is 2.00 bits per heavy atom. The number of aliphatic hydroxyl groups is 1. The first kappa shape index (κ1) is 23.2. The maximum Gasteiger partial charge on any atom is 0.270 e. The van der Waals surface area contributed by atoms with E-state index in [1.165, 1.54) is 6.07 Å². The van der Waals surface area contributed by atoms with Gasteiger partial charge in [-0.05, 0) is 75.0 Å². The topological polar surface area (TPSA) is 86.0 Å². The second kappa shape index (κ2) is 8.70. The first-order chi connectivity index (χ1) is 17.3. The highest BCUT2D eigenvalue weighted by Crippen LogP contribution is 2.55. The zero-order valence-corrected chi connectivity index (χ0v) is 20.4. The SMILES string of the molecule is [C-]#[N+]c1ccc(N2CCN(c3nccc(C(=O)NC4C5CC6CC4CC(O)(C6)C5)n3)[C@@H](C)C2)c(F)c1. The molecule has 36 heavy (non-hydrogen) atoms. The van der Waals surface area contributed by atoms with Crippen LogP contribution in [0.1, 0.15) is 49.5 Å². The summed E-state index contributed by atoms with van der Waals surface area (Å²) in [7, 11) is 0. The molecule has 188 valence electrons. The third kappa shape index (κ3) is 4.07. The Morgan fingerprint density at radius 1 is 1.22 bits per heavy atom. The number of nitrogens with zero attached hydrogens (tertiary/aromatic N) is 5. The van der Waals surface area contributed by atoms with Crippen molar-refractivity contribution >= 4 is 23.2 Å². The molecular weight excluding hydrogens is 459 g/mol. The molecule has 1 amide bonds. The maximum atomic E-state index is 14.6. The van der Waals surface area contributed by atoms with Gasteiger partial charge in [-0.3, -0.25) is 4.79 Å². The molecule has 2 aromatic rings. The molecule has 5 fully saturated rings. The minimum atomic E-state index is -0.528. The van der Waals surface area contributed by atoms with E-state index in [0.717, 1.165) is 32.1 Å². The summed E-state index contributed by atoms with van der Waals surface area (Å²) in [6.07, 6.45) is 6.27. The monoisotopic (exact) mass is 490 g/mol. The molecule has 7 rings (SSSR count). The van der Waals surface area contributed by atoms with Crippen LogP contribution in [0.15, 0.2) is 30.5 Å². The second-order valence-electron chi connectivity index (χ2n) is 11.2. The van der Waals surface area contributed by atoms with Gasteiger partial charge < -0.3 is 20.2 Å². The molecule has 1 aromatic carbocycles. The van der Waals surface area contributed by atoms with Crippen molar-refractivity contribution in [2.24, 2.45) is 17.8 Å². The van der Waals surface area contributed by atoms with Gasteiger partial charge in [0.15, 0.2) is 5.69 Å². The zero-order valence-electron chi connectivity index (χ0n) is 20.4. The van der Waals surface area contributed by atoms with E-state index in [4.69, 9.17) is 6.57 Å². The largest absolute Gasteiger partial charge is 0.390 e. The molecule has 2 heterocycles. The van der Waals surface area contributed by atoms with Gasteiger partial charge in [-0.25, -0.2) is 19.2 Å². The minimum Gasteiger partial charge on any atom is -0.390 e. The lowest BCUT2D eigenvalue weighted by molar-refractivity contribution is -0.136. The van der Waals surface area contributed by atoms with E-state index < -0.39 is 11.4 Å². The van der Waals surface area contributed by atoms with Gasteiger partial charge in [0.25, 0.3) is 5.91 Å². The number of anilines is 2. The molecule has 3 atom stereocenters. The number of hydrogen-bond donors (Lipinski definition) is 2. The van der Waals surface area contributed by atoms with Crippen LogP contribution in [-0.2, 0) is 0 Å². The quantitative estimate of drug-likeness (QED) is 0.638. The fourth-order valence-corrected chi connectivity index (χ4v) is 7.35. The molecule has 4 aliphatic carbocycles. The normalized spacial score (nSPS) is 32.9. The molecule has 4 saturated carbocycles. The van der Waals surface area contributed by atoms with Crippen molar-refractivity contribution in [2.75, 3.05) is 29.4 Å². The standard InChI is InChI=1S/C27H31FN6O2/c1-16-15-33(23-4-3-20(29-2)11-21(23)28)7-8-34(16)26-30-6-5-22(31-26)25(35)32-24-18-9-17-10-19(24)14-27(36,12-17)13-18/h3-6,11,16-19,24,36H,7-10,12-15H2,1H3,(H,32,35)/t16-,17?,18?,19?,24?,27?/m0/s1. The van der Waals surface area contributed by atoms with Crippen molar-refractivity contribution in [2.45, 2.75) is 56.7 Å². The average Bonchev–Trinajstić information content (AvgIpc) is 2.85. The third-order valence-electron chi connectivity index (χ3n) is 8.70. The van der Waals surface area contributed by atoms with Crippen molar-refractivity contribution in [1.29, 1.82) is 0 Å². The van der Waals surface area contributed by atoms with Crippen LogP contribution < -0.4 is 15.1 Å². The molecule has 1 aromatic heterocycles. The Hall–Kier alpha value is -3.25. The Balaban J connectivity index is 1.13. The van der Waals surface area contributed by atoms with Gasteiger partial charge in [-0.1, -0.05) is 6.07 Å². The van der Waals surface area contributed by atoms with E-state index in [-0.39, 0.29) is 23.7 Å². The summed E-state index contributed by atoms with van der Waals surface area (Å²) in [6.45, 7) is 10.8. The van der Waals surface area contributed by atoms with Crippen molar-refractivity contribution in [1.82, 2.24) is 15.3 Å². The number of piperazine rings is 1. The number of benzene rings is 1. The number of hydrogen-bond acceptors (Lipinski definition) is 6. The molecule has 0 spiro atoms. The fourth-order valence-electron chi connectivity index (χ4n) is 7.35. The molecular formula is C27H31FN6O2. The first-order valence-corrected chi connectivity index (χ1v) is 12.9. The van der Waals surface area contributed by atoms with E-state index >= 15 is 0 Å². The van der Waals surface area contributed by atoms with E-state index in [9.17, 15) is 14.3 Å². The van der Waals surface area contributed by atoms with Crippen LogP contribution in [0.3, 0.4) is 0 Å². The summed E-state index contributed by atoms with van der Waals surface area (Å²) in [4.78, 5) is 29.6. The van der Waals surface area contributed by atoms with Crippen molar-refractivity contribution < 1.29 is 14.3 Å². The second-order valence-corrected chi connectivity index (χ2v) is 11.2. The van der Waals surface area contributed by atoms with Gasteiger partial charge in [0.2, 0.25) is 5.95 Å². The van der Waals surface area contributed by atoms with Crippen LogP contribution in [-0.4, -0.2) is 58.3 Å². The molecule has 8 nitrogen and oxygen atoms in total. The smallest absolute Gasteiger partial charge is 0.270 e. The lowest BCUT2D eigenvalue weighted by Crippen LogP contribution is -2.61. The predicted octanol–water partition coefficient (Wildman–Crippen LogP) is 3.55. The summed E-state index contributed by atoms with van der Waals surface area (Å²) in [6, 6.07) is 6.32. The number of aromatic nitrogens is 2. The van der Waals surface area contributed by atoms with E-state index in [0.29, 0.717) is 54.7 Å². The van der Waals surface area contributed by atoms with Crippen LogP contribution in [0.5, 0.6) is 0 Å². The zero-order chi connectivity index (χ0) is 25.0. The Kier molecular flexibility index (Phi) is 5.60. The van der Waals surface area contributed by atoms with Gasteiger partial charge in [0.05, 0.1) is 17.9 Å². The molecule has 1 aliphatic heterocycles. The Labute approximate surface area is 210 Å². The van der Waals surface area contributed by atoms with E-state index in [2.05, 4.69) is 25.0 Å². The van der Waals surface area contributed by atoms with Crippen molar-refractivity contribution in [3.63, 3.8) is 0 Å². The number of nitrogens with one attached hydrogen (secondary N) is 1. The number of carbonyl (C=O) groups excluding carboxylic acids is 1. The fraction of sp³-hybridized carbons (Fsp3) is 0.556. The highest BCUT2D eigenvalue weighted by Gasteiger charge is 2.55. The number of rotatable bonds is 4. The van der Waals surface area contributed by atoms with Crippen LogP contribution in [0.4, 0.5) is 21.7 Å². The maximum absolute atomic E-state index is 14.6. The van der Waals surface area contributed by atoms with E-state index in [1.54, 1.807) is 24.4 Å². The van der Waals surface area contributed by atoms with Gasteiger partial charge >= 0.3 is 0 Å². The Bertz CT molecular complexity index is 1210. The van der Waals surface area contributed by atoms with Gasteiger partial charge in [0, 0.05) is 37.9 Å². The average molecular weight is 491 g/mol. The van der Waals surface area contributed by atoms with Crippen LogP contribution in [0.25, 0.3) is 4.85 Å². The summed E-state index contributed by atoms with van der Waals surface area (Å²) in [5, 5.41) is 14.1. The lowest BCUT2D eigenvalue weighted by atomic mass is 9.52. The highest BCUT2D eigenvalue weighted by molar-refractivity contribution is 5.92. The summed E-state index contributed by atoms with van der Waals surface area (Å²) in [5.74, 6) is 1.18. The molecule has 4 bridgehead atoms. The molecule has 0 radical (unpaired) electrons. The molecule has 5 aliphatic rings. The Morgan fingerprint density at radius 3 is 2.67 bits per heavy atom. The lowest BCUT2D eigenvalue weighted by Gasteiger charge is -2.58. The van der Waals surface area contributed by atoms with Crippen LogP contribution in [0.2, 0.25) is 0 Å². The third-order valence-corrected chi connectivity index (χ3v) is 8.70. The van der Waals surface area contributed by atoms with Gasteiger partial charge in [-0.15, -0.1) is 0 Å². The van der Waals surface area contributed by atoms with Crippen molar-refractivity contribution in [3.05, 3.63) is 53.4 Å². The highest BCUT2D eigenvalue weighted by atomic mass is 19.1. The number of carbonyl (C=O) groups is 1. The number of halogens is 1. The summed E-state index contributed by atoms with van der Waals surface area (Å²) >= 11 is 0. The molecule has 1 saturated heterocycles. The first-order valence-electron chi connectivity index (χ1n) is 12.9. The van der Waals surface area contributed by atoms with Crippen LogP contribution in [0, 0.1) is 30.1 Å². The van der Waals surface area contributed by atoms with Gasteiger partial charge in [0.1, 0.15) is 11.5 Å². The minimum absolute atomic E-state index is 0.00201. The van der Waals surface area contributed by atoms with Crippen LogP contribution >= 0.6 is 0 Å². The molecule has 9 heteroatoms. The summed E-state index contributed by atoms with van der Waals surface area (Å²) in [5.41, 5.74) is 0.599.